The van der Waals surface area contributed by atoms with E-state index >= 15 is 0 Å². The number of guanidine groups is 1. The Morgan fingerprint density at radius 2 is 1.67 bits per heavy atom. The van der Waals surface area contributed by atoms with Crippen molar-refractivity contribution >= 4 is 40.8 Å². The normalized spacial score (nSPS) is 11.0. The van der Waals surface area contributed by atoms with E-state index in [9.17, 15) is 0 Å². The summed E-state index contributed by atoms with van der Waals surface area (Å²) < 4.78 is 0. The first-order chi connectivity index (χ1) is 11.4. The molecule has 0 aliphatic heterocycles. The minimum atomic E-state index is 0. The zero-order valence-electron chi connectivity index (χ0n) is 13.6. The van der Waals surface area contributed by atoms with Crippen molar-refractivity contribution in [2.75, 3.05) is 7.05 Å². The lowest BCUT2D eigenvalue weighted by molar-refractivity contribution is 0.811. The van der Waals surface area contributed by atoms with Crippen LogP contribution in [0.1, 0.15) is 11.1 Å². The molecule has 0 amide bonds. The second-order valence-corrected chi connectivity index (χ2v) is 5.26. The van der Waals surface area contributed by atoms with E-state index in [4.69, 9.17) is 0 Å². The van der Waals surface area contributed by atoms with Crippen molar-refractivity contribution in [1.82, 2.24) is 15.6 Å². The van der Waals surface area contributed by atoms with Gasteiger partial charge in [0.25, 0.3) is 0 Å². The van der Waals surface area contributed by atoms with Gasteiger partial charge in [-0.25, -0.2) is 0 Å². The van der Waals surface area contributed by atoms with Gasteiger partial charge in [-0.1, -0.05) is 54.6 Å². The van der Waals surface area contributed by atoms with Gasteiger partial charge >= 0.3 is 0 Å². The highest BCUT2D eigenvalue weighted by Crippen LogP contribution is 2.15. The molecule has 0 bridgehead atoms. The molecule has 0 saturated carbocycles. The van der Waals surface area contributed by atoms with Crippen molar-refractivity contribution in [3.05, 3.63) is 78.0 Å². The summed E-state index contributed by atoms with van der Waals surface area (Å²) in [4.78, 5) is 8.75. The maximum Gasteiger partial charge on any atom is 0.191 e. The average molecular weight is 432 g/mol. The Labute approximate surface area is 159 Å². The molecule has 0 radical (unpaired) electrons. The Balaban J connectivity index is 0.00000208. The second kappa shape index (κ2) is 9.22. The maximum atomic E-state index is 4.48. The molecule has 0 unspecified atom stereocenters. The number of nitrogens with one attached hydrogen (secondary N) is 2. The monoisotopic (exact) mass is 432 g/mol. The van der Waals surface area contributed by atoms with Gasteiger partial charge in [-0.3, -0.25) is 9.98 Å². The molecule has 24 heavy (non-hydrogen) atoms. The van der Waals surface area contributed by atoms with Crippen LogP contribution in [0.2, 0.25) is 0 Å². The fourth-order valence-corrected chi connectivity index (χ4v) is 2.49. The van der Waals surface area contributed by atoms with Crippen LogP contribution in [0.4, 0.5) is 0 Å². The van der Waals surface area contributed by atoms with Gasteiger partial charge in [-0.05, 0) is 17.2 Å². The molecule has 1 heterocycles. The average Bonchev–Trinajstić information content (AvgIpc) is 2.63. The summed E-state index contributed by atoms with van der Waals surface area (Å²) in [5.74, 6) is 0.779. The molecule has 0 saturated heterocycles. The number of para-hydroxylation sites is 1. The Morgan fingerprint density at radius 1 is 0.917 bits per heavy atom. The van der Waals surface area contributed by atoms with Crippen LogP contribution in [0.25, 0.3) is 10.9 Å². The summed E-state index contributed by atoms with van der Waals surface area (Å²) in [6.45, 7) is 1.43. The molecule has 3 aromatic rings. The number of pyridine rings is 1. The Kier molecular flexibility index (Phi) is 6.99. The highest BCUT2D eigenvalue weighted by Gasteiger charge is 2.03. The van der Waals surface area contributed by atoms with Crippen LogP contribution in [-0.4, -0.2) is 18.0 Å². The number of halogens is 1. The van der Waals surface area contributed by atoms with E-state index < -0.39 is 0 Å². The van der Waals surface area contributed by atoms with E-state index in [1.54, 1.807) is 7.05 Å². The van der Waals surface area contributed by atoms with Crippen molar-refractivity contribution in [3.63, 3.8) is 0 Å². The molecule has 0 spiro atoms. The lowest BCUT2D eigenvalue weighted by atomic mass is 10.1. The van der Waals surface area contributed by atoms with Crippen LogP contribution in [0.5, 0.6) is 0 Å². The first-order valence-corrected chi connectivity index (χ1v) is 7.68. The van der Waals surface area contributed by atoms with Crippen LogP contribution < -0.4 is 10.6 Å². The van der Waals surface area contributed by atoms with Crippen molar-refractivity contribution in [1.29, 1.82) is 0 Å². The van der Waals surface area contributed by atoms with Crippen LogP contribution in [0.15, 0.2) is 71.9 Å². The highest BCUT2D eigenvalue weighted by molar-refractivity contribution is 14.0. The Bertz CT molecular complexity index is 797. The van der Waals surface area contributed by atoms with E-state index in [-0.39, 0.29) is 24.0 Å². The summed E-state index contributed by atoms with van der Waals surface area (Å²) in [5.41, 5.74) is 3.41. The quantitative estimate of drug-likeness (QED) is 0.376. The number of nitrogens with zero attached hydrogens (tertiary/aromatic N) is 2. The molecule has 0 atom stereocenters. The van der Waals surface area contributed by atoms with Gasteiger partial charge in [-0.2, -0.15) is 0 Å². The highest BCUT2D eigenvalue weighted by atomic mass is 127. The van der Waals surface area contributed by atoms with E-state index in [0.29, 0.717) is 6.54 Å². The van der Waals surface area contributed by atoms with Crippen molar-refractivity contribution in [2.24, 2.45) is 4.99 Å². The van der Waals surface area contributed by atoms with E-state index in [1.807, 2.05) is 30.5 Å². The summed E-state index contributed by atoms with van der Waals surface area (Å²) in [7, 11) is 1.78. The largest absolute Gasteiger partial charge is 0.352 e. The summed E-state index contributed by atoms with van der Waals surface area (Å²) in [6.07, 6.45) is 1.83. The first kappa shape index (κ1) is 18.2. The predicted molar refractivity (Wildman–Crippen MR) is 111 cm³/mol. The third-order valence-electron chi connectivity index (χ3n) is 3.69. The lowest BCUT2D eigenvalue weighted by Gasteiger charge is -2.13. The smallest absolute Gasteiger partial charge is 0.191 e. The number of aliphatic imine (C=N–C) groups is 1. The summed E-state index contributed by atoms with van der Waals surface area (Å²) in [6, 6.07) is 20.5. The van der Waals surface area contributed by atoms with Crippen LogP contribution in [-0.2, 0) is 13.1 Å². The number of hydrogen-bond donors (Lipinski definition) is 2. The number of hydrogen-bond acceptors (Lipinski definition) is 2. The minimum absolute atomic E-state index is 0. The Hall–Kier alpha value is -2.15. The zero-order valence-corrected chi connectivity index (χ0v) is 15.9. The molecule has 4 nitrogen and oxygen atoms in total. The van der Waals surface area contributed by atoms with Crippen molar-refractivity contribution in [2.45, 2.75) is 13.1 Å². The SMILES string of the molecule is CN=C(NCc1ccccc1)NCc1cccc2cccnc12.I. The summed E-state index contributed by atoms with van der Waals surface area (Å²) >= 11 is 0. The van der Waals surface area contributed by atoms with E-state index in [1.165, 1.54) is 5.56 Å². The molecular formula is C19H21IN4. The fourth-order valence-electron chi connectivity index (χ4n) is 2.49. The van der Waals surface area contributed by atoms with Crippen LogP contribution in [0, 0.1) is 0 Å². The molecule has 0 aliphatic rings. The number of fused-ring (bicyclic) bond motifs is 1. The fraction of sp³-hybridized carbons (Fsp3) is 0.158. The lowest BCUT2D eigenvalue weighted by Crippen LogP contribution is -2.36. The van der Waals surface area contributed by atoms with Crippen molar-refractivity contribution in [3.8, 4) is 0 Å². The molecule has 0 fully saturated rings. The molecular weight excluding hydrogens is 411 g/mol. The molecule has 5 heteroatoms. The molecule has 2 aromatic carbocycles. The molecule has 0 aliphatic carbocycles. The predicted octanol–water partition coefficient (Wildman–Crippen LogP) is 3.72. The topological polar surface area (TPSA) is 49.3 Å². The molecule has 3 rings (SSSR count). The molecule has 124 valence electrons. The van der Waals surface area contributed by atoms with Gasteiger partial charge in [0.1, 0.15) is 0 Å². The Morgan fingerprint density at radius 3 is 2.46 bits per heavy atom. The van der Waals surface area contributed by atoms with Gasteiger partial charge in [0.2, 0.25) is 0 Å². The van der Waals surface area contributed by atoms with E-state index in [0.717, 1.165) is 29.0 Å². The number of aromatic nitrogens is 1. The van der Waals surface area contributed by atoms with Gasteiger partial charge in [0.15, 0.2) is 5.96 Å². The van der Waals surface area contributed by atoms with Gasteiger partial charge < -0.3 is 10.6 Å². The number of benzene rings is 2. The summed E-state index contributed by atoms with van der Waals surface area (Å²) in [5, 5.41) is 7.82. The van der Waals surface area contributed by atoms with Crippen LogP contribution >= 0.6 is 24.0 Å². The second-order valence-electron chi connectivity index (χ2n) is 5.26. The molecule has 1 aromatic heterocycles. The molecule has 2 N–H and O–H groups in total. The van der Waals surface area contributed by atoms with Crippen LogP contribution in [0.3, 0.4) is 0 Å². The van der Waals surface area contributed by atoms with E-state index in [2.05, 4.69) is 57.0 Å². The van der Waals surface area contributed by atoms with Gasteiger partial charge in [-0.15, -0.1) is 24.0 Å². The first-order valence-electron chi connectivity index (χ1n) is 7.68. The number of rotatable bonds is 4. The third kappa shape index (κ3) is 4.67. The van der Waals surface area contributed by atoms with Crippen molar-refractivity contribution < 1.29 is 0 Å². The zero-order chi connectivity index (χ0) is 15.9. The van der Waals surface area contributed by atoms with Gasteiger partial charge in [0.05, 0.1) is 5.52 Å². The standard InChI is InChI=1S/C19H20N4.HI/c1-20-19(22-13-15-7-3-2-4-8-15)23-14-17-10-5-9-16-11-6-12-21-18(16)17;/h2-12H,13-14H2,1H3,(H2,20,22,23);1H. The maximum absolute atomic E-state index is 4.48. The van der Waals surface area contributed by atoms with Gasteiger partial charge in [0, 0.05) is 31.7 Å². The third-order valence-corrected chi connectivity index (χ3v) is 3.69. The minimum Gasteiger partial charge on any atom is -0.352 e.